The van der Waals surface area contributed by atoms with E-state index in [1.54, 1.807) is 0 Å². The minimum atomic E-state index is 0.0933. The third-order valence-corrected chi connectivity index (χ3v) is 4.11. The molecule has 0 unspecified atom stereocenters. The van der Waals surface area contributed by atoms with Gasteiger partial charge in [0.15, 0.2) is 0 Å². The number of rotatable bonds is 3. The van der Waals surface area contributed by atoms with E-state index in [9.17, 15) is 4.79 Å². The van der Waals surface area contributed by atoms with Gasteiger partial charge in [0.25, 0.3) is 0 Å². The van der Waals surface area contributed by atoms with Gasteiger partial charge in [-0.25, -0.2) is 4.98 Å². The molecule has 0 bridgehead atoms. The first-order chi connectivity index (χ1) is 9.83. The summed E-state index contributed by atoms with van der Waals surface area (Å²) in [6, 6.07) is 3.96. The van der Waals surface area contributed by atoms with Gasteiger partial charge in [0, 0.05) is 19.0 Å². The smallest absolute Gasteiger partial charge is 0.228 e. The number of allylic oxidation sites excluding steroid dienone is 2. The third kappa shape index (κ3) is 3.00. The van der Waals surface area contributed by atoms with Crippen molar-refractivity contribution in [2.45, 2.75) is 32.1 Å². The highest BCUT2D eigenvalue weighted by Crippen LogP contribution is 2.22. The van der Waals surface area contributed by atoms with Gasteiger partial charge in [-0.15, -0.1) is 0 Å². The van der Waals surface area contributed by atoms with Crippen LogP contribution in [0.4, 0.5) is 11.5 Å². The molecule has 2 aliphatic rings. The molecule has 0 spiro atoms. The van der Waals surface area contributed by atoms with Crippen LogP contribution < -0.4 is 10.2 Å². The zero-order chi connectivity index (χ0) is 13.8. The molecule has 1 fully saturated rings. The van der Waals surface area contributed by atoms with Crippen LogP contribution in [0.15, 0.2) is 30.5 Å². The lowest BCUT2D eigenvalue weighted by Crippen LogP contribution is -2.24. The molecule has 3 rings (SSSR count). The fourth-order valence-electron chi connectivity index (χ4n) is 2.88. The van der Waals surface area contributed by atoms with Crippen molar-refractivity contribution in [3.8, 4) is 0 Å². The molecule has 0 aromatic carbocycles. The Morgan fingerprint density at radius 1 is 1.25 bits per heavy atom. The molecule has 1 atom stereocenters. The lowest BCUT2D eigenvalue weighted by atomic mass is 9.94. The summed E-state index contributed by atoms with van der Waals surface area (Å²) in [7, 11) is 0. The zero-order valence-corrected chi connectivity index (χ0v) is 11.7. The van der Waals surface area contributed by atoms with E-state index in [1.165, 1.54) is 12.8 Å². The summed E-state index contributed by atoms with van der Waals surface area (Å²) in [5.74, 6) is 0.850. The second-order valence-electron chi connectivity index (χ2n) is 5.57. The molecule has 20 heavy (non-hydrogen) atoms. The quantitative estimate of drug-likeness (QED) is 0.860. The van der Waals surface area contributed by atoms with Gasteiger partial charge in [0.2, 0.25) is 5.91 Å². The second kappa shape index (κ2) is 6.07. The monoisotopic (exact) mass is 271 g/mol. The standard InChI is InChI=1S/C16H21N3O/c20-16(13-6-2-1-3-7-13)18-15-9-8-14(12-17-15)19-10-4-5-11-19/h1-2,8-9,12-13H,3-7,10-11H2,(H,17,18,20)/t13-/m1/s1. The predicted molar refractivity (Wildman–Crippen MR) is 80.8 cm³/mol. The van der Waals surface area contributed by atoms with Crippen LogP contribution >= 0.6 is 0 Å². The molecular weight excluding hydrogens is 250 g/mol. The maximum Gasteiger partial charge on any atom is 0.228 e. The normalized spacial score (nSPS) is 22.0. The number of hydrogen-bond donors (Lipinski definition) is 1. The maximum atomic E-state index is 12.1. The van der Waals surface area contributed by atoms with E-state index >= 15 is 0 Å². The highest BCUT2D eigenvalue weighted by Gasteiger charge is 2.19. The van der Waals surface area contributed by atoms with E-state index in [0.29, 0.717) is 5.82 Å². The number of nitrogens with one attached hydrogen (secondary N) is 1. The van der Waals surface area contributed by atoms with Gasteiger partial charge >= 0.3 is 0 Å². The van der Waals surface area contributed by atoms with Crippen LogP contribution in [0.1, 0.15) is 32.1 Å². The fourth-order valence-corrected chi connectivity index (χ4v) is 2.88. The van der Waals surface area contributed by atoms with Gasteiger partial charge in [-0.05, 0) is 44.2 Å². The topological polar surface area (TPSA) is 45.2 Å². The van der Waals surface area contributed by atoms with Crippen LogP contribution in [0.2, 0.25) is 0 Å². The van der Waals surface area contributed by atoms with Crippen molar-refractivity contribution >= 4 is 17.4 Å². The van der Waals surface area contributed by atoms with Crippen molar-refractivity contribution in [2.75, 3.05) is 23.3 Å². The Balaban J connectivity index is 1.59. The Labute approximate surface area is 119 Å². The molecule has 1 amide bonds. The van der Waals surface area contributed by atoms with Gasteiger partial charge in [-0.3, -0.25) is 4.79 Å². The minimum absolute atomic E-state index is 0.0933. The van der Waals surface area contributed by atoms with Crippen LogP contribution in [-0.2, 0) is 4.79 Å². The van der Waals surface area contributed by atoms with Gasteiger partial charge in [0.05, 0.1) is 11.9 Å². The highest BCUT2D eigenvalue weighted by molar-refractivity contribution is 5.91. The SMILES string of the molecule is O=C(Nc1ccc(N2CCCC2)cn1)[C@@H]1CC=CCC1. The van der Waals surface area contributed by atoms with Gasteiger partial charge in [-0.2, -0.15) is 0 Å². The largest absolute Gasteiger partial charge is 0.370 e. The third-order valence-electron chi connectivity index (χ3n) is 4.11. The van der Waals surface area contributed by atoms with E-state index in [2.05, 4.69) is 33.4 Å². The summed E-state index contributed by atoms with van der Waals surface area (Å²) < 4.78 is 0. The summed E-state index contributed by atoms with van der Waals surface area (Å²) >= 11 is 0. The molecule has 1 N–H and O–H groups in total. The van der Waals surface area contributed by atoms with E-state index in [4.69, 9.17) is 0 Å². The molecule has 1 aromatic rings. The number of hydrogen-bond acceptors (Lipinski definition) is 3. The number of anilines is 2. The fraction of sp³-hybridized carbons (Fsp3) is 0.500. The van der Waals surface area contributed by atoms with Crippen molar-refractivity contribution in [1.29, 1.82) is 0 Å². The first-order valence-electron chi connectivity index (χ1n) is 7.50. The lowest BCUT2D eigenvalue weighted by molar-refractivity contribution is -0.120. The number of pyridine rings is 1. The molecular formula is C16H21N3O. The second-order valence-corrected chi connectivity index (χ2v) is 5.57. The van der Waals surface area contributed by atoms with E-state index < -0.39 is 0 Å². The average Bonchev–Trinajstić information content (AvgIpc) is 3.03. The number of aromatic nitrogens is 1. The summed E-state index contributed by atoms with van der Waals surface area (Å²) in [5.41, 5.74) is 1.15. The van der Waals surface area contributed by atoms with Crippen LogP contribution in [0.25, 0.3) is 0 Å². The Hall–Kier alpha value is -1.84. The van der Waals surface area contributed by atoms with Crippen LogP contribution in [0.5, 0.6) is 0 Å². The summed E-state index contributed by atoms with van der Waals surface area (Å²) in [6.07, 6.45) is 11.4. The Morgan fingerprint density at radius 2 is 2.10 bits per heavy atom. The molecule has 4 nitrogen and oxygen atoms in total. The van der Waals surface area contributed by atoms with E-state index in [0.717, 1.165) is 38.0 Å². The molecule has 1 aliphatic carbocycles. The highest BCUT2D eigenvalue weighted by atomic mass is 16.1. The molecule has 4 heteroatoms. The Morgan fingerprint density at radius 3 is 2.75 bits per heavy atom. The number of carbonyl (C=O) groups is 1. The minimum Gasteiger partial charge on any atom is -0.370 e. The number of nitrogens with zero attached hydrogens (tertiary/aromatic N) is 2. The number of carbonyl (C=O) groups excluding carboxylic acids is 1. The summed E-state index contributed by atoms with van der Waals surface area (Å²) in [5, 5.41) is 2.93. The Kier molecular flexibility index (Phi) is 4.00. The van der Waals surface area contributed by atoms with Crippen LogP contribution in [-0.4, -0.2) is 24.0 Å². The maximum absolute atomic E-state index is 12.1. The molecule has 106 valence electrons. The van der Waals surface area contributed by atoms with Crippen LogP contribution in [0, 0.1) is 5.92 Å². The van der Waals surface area contributed by atoms with Crippen molar-refractivity contribution < 1.29 is 4.79 Å². The van der Waals surface area contributed by atoms with Crippen molar-refractivity contribution in [3.05, 3.63) is 30.5 Å². The predicted octanol–water partition coefficient (Wildman–Crippen LogP) is 2.98. The van der Waals surface area contributed by atoms with Gasteiger partial charge in [0.1, 0.15) is 5.82 Å². The summed E-state index contributed by atoms with van der Waals surface area (Å²) in [4.78, 5) is 18.8. The average molecular weight is 271 g/mol. The zero-order valence-electron chi connectivity index (χ0n) is 11.7. The molecule has 0 saturated carbocycles. The van der Waals surface area contributed by atoms with Gasteiger partial charge < -0.3 is 10.2 Å². The molecule has 0 radical (unpaired) electrons. The van der Waals surface area contributed by atoms with E-state index in [-0.39, 0.29) is 11.8 Å². The van der Waals surface area contributed by atoms with Gasteiger partial charge in [-0.1, -0.05) is 12.2 Å². The molecule has 2 heterocycles. The van der Waals surface area contributed by atoms with Crippen molar-refractivity contribution in [3.63, 3.8) is 0 Å². The first kappa shape index (κ1) is 13.2. The van der Waals surface area contributed by atoms with Crippen LogP contribution in [0.3, 0.4) is 0 Å². The van der Waals surface area contributed by atoms with Crippen molar-refractivity contribution in [1.82, 2.24) is 4.98 Å². The number of amides is 1. The first-order valence-corrected chi connectivity index (χ1v) is 7.50. The molecule has 1 aliphatic heterocycles. The summed E-state index contributed by atoms with van der Waals surface area (Å²) in [6.45, 7) is 2.23. The molecule has 1 saturated heterocycles. The molecule has 1 aromatic heterocycles. The Bertz CT molecular complexity index is 489. The van der Waals surface area contributed by atoms with Crippen molar-refractivity contribution in [2.24, 2.45) is 5.92 Å². The van der Waals surface area contributed by atoms with E-state index in [1.807, 2.05) is 12.3 Å². The lowest BCUT2D eigenvalue weighted by Gasteiger charge is -2.19.